The van der Waals surface area contributed by atoms with Crippen LogP contribution < -0.4 is 10.2 Å². The fourth-order valence-corrected chi connectivity index (χ4v) is 3.19. The van der Waals surface area contributed by atoms with E-state index in [0.717, 1.165) is 44.6 Å². The summed E-state index contributed by atoms with van der Waals surface area (Å²) in [6.07, 6.45) is 4.49. The number of anilines is 1. The van der Waals surface area contributed by atoms with E-state index in [1.807, 2.05) is 24.1 Å². The number of nitrogens with zero attached hydrogens (tertiary/aromatic N) is 2. The third kappa shape index (κ3) is 6.69. The van der Waals surface area contributed by atoms with Crippen LogP contribution in [0.4, 0.5) is 5.69 Å². The number of carbonyl (C=O) groups is 1. The highest BCUT2D eigenvalue weighted by Gasteiger charge is 2.22. The van der Waals surface area contributed by atoms with E-state index in [-0.39, 0.29) is 30.7 Å². The molecule has 0 atom stereocenters. The van der Waals surface area contributed by atoms with E-state index in [4.69, 9.17) is 0 Å². The minimum Gasteiger partial charge on any atom is -0.372 e. The van der Waals surface area contributed by atoms with Gasteiger partial charge in [0, 0.05) is 43.5 Å². The van der Waals surface area contributed by atoms with E-state index in [2.05, 4.69) is 36.2 Å². The molecule has 1 aliphatic rings. The standard InChI is InChI=1S/C19H31N3O.2ClH/c1-4-6-13-21(5-2)18-9-7-16(8-10-18)19(23)22-14-11-17(20-3)12-15-22;;/h7-10,17,20H,4-6,11-15H2,1-3H3;2*1H. The molecule has 25 heavy (non-hydrogen) atoms. The number of nitrogens with one attached hydrogen (secondary N) is 1. The summed E-state index contributed by atoms with van der Waals surface area (Å²) in [6.45, 7) is 8.18. The first-order chi connectivity index (χ1) is 11.2. The number of amides is 1. The molecule has 0 radical (unpaired) electrons. The maximum atomic E-state index is 12.6. The van der Waals surface area contributed by atoms with Crippen LogP contribution in [0.5, 0.6) is 0 Å². The van der Waals surface area contributed by atoms with E-state index in [0.29, 0.717) is 6.04 Å². The van der Waals surface area contributed by atoms with E-state index < -0.39 is 0 Å². The van der Waals surface area contributed by atoms with Crippen LogP contribution in [0.25, 0.3) is 0 Å². The number of rotatable bonds is 7. The lowest BCUT2D eigenvalue weighted by Gasteiger charge is -2.32. The van der Waals surface area contributed by atoms with Crippen molar-refractivity contribution in [3.63, 3.8) is 0 Å². The number of benzene rings is 1. The summed E-state index contributed by atoms with van der Waals surface area (Å²) in [5.74, 6) is 0.169. The van der Waals surface area contributed by atoms with Gasteiger partial charge in [0.1, 0.15) is 0 Å². The lowest BCUT2D eigenvalue weighted by Crippen LogP contribution is -2.43. The molecular formula is C19H33Cl2N3O. The molecule has 1 aliphatic heterocycles. The fraction of sp³-hybridized carbons (Fsp3) is 0.632. The molecule has 1 N–H and O–H groups in total. The third-order valence-corrected chi connectivity index (χ3v) is 4.83. The molecule has 1 aromatic carbocycles. The first-order valence-corrected chi connectivity index (χ1v) is 9.01. The molecule has 6 heteroatoms. The topological polar surface area (TPSA) is 35.6 Å². The Labute approximate surface area is 165 Å². The molecule has 1 aromatic rings. The average Bonchev–Trinajstić information content (AvgIpc) is 2.62. The number of likely N-dealkylation sites (tertiary alicyclic amines) is 1. The smallest absolute Gasteiger partial charge is 0.253 e. The van der Waals surface area contributed by atoms with Crippen LogP contribution in [-0.2, 0) is 0 Å². The number of hydrogen-bond acceptors (Lipinski definition) is 3. The Kier molecular flexibility index (Phi) is 11.9. The molecule has 0 unspecified atom stereocenters. The van der Waals surface area contributed by atoms with Gasteiger partial charge in [-0.15, -0.1) is 24.8 Å². The van der Waals surface area contributed by atoms with Crippen molar-refractivity contribution in [3.05, 3.63) is 29.8 Å². The minimum absolute atomic E-state index is 0. The highest BCUT2D eigenvalue weighted by atomic mass is 35.5. The van der Waals surface area contributed by atoms with Crippen LogP contribution in [0.3, 0.4) is 0 Å². The van der Waals surface area contributed by atoms with Crippen LogP contribution in [-0.4, -0.2) is 50.1 Å². The van der Waals surface area contributed by atoms with Gasteiger partial charge < -0.3 is 15.1 Å². The average molecular weight is 390 g/mol. The van der Waals surface area contributed by atoms with E-state index in [1.54, 1.807) is 0 Å². The Morgan fingerprint density at radius 3 is 2.24 bits per heavy atom. The van der Waals surface area contributed by atoms with Crippen molar-refractivity contribution in [2.75, 3.05) is 38.1 Å². The number of hydrogen-bond donors (Lipinski definition) is 1. The zero-order chi connectivity index (χ0) is 16.7. The first-order valence-electron chi connectivity index (χ1n) is 9.01. The summed E-state index contributed by atoms with van der Waals surface area (Å²) in [4.78, 5) is 17.0. The van der Waals surface area contributed by atoms with Gasteiger partial charge >= 0.3 is 0 Å². The number of halogens is 2. The molecule has 0 aliphatic carbocycles. The Morgan fingerprint density at radius 2 is 1.76 bits per heavy atom. The highest BCUT2D eigenvalue weighted by molar-refractivity contribution is 5.94. The molecule has 1 saturated heterocycles. The zero-order valence-electron chi connectivity index (χ0n) is 15.7. The Hall–Kier alpha value is -0.970. The molecule has 4 nitrogen and oxygen atoms in total. The van der Waals surface area contributed by atoms with Gasteiger partial charge in [-0.1, -0.05) is 13.3 Å². The second-order valence-electron chi connectivity index (χ2n) is 6.34. The molecule has 0 aromatic heterocycles. The third-order valence-electron chi connectivity index (χ3n) is 4.83. The van der Waals surface area contributed by atoms with E-state index in [1.165, 1.54) is 18.5 Å². The normalized spacial score (nSPS) is 14.4. The molecular weight excluding hydrogens is 357 g/mol. The second kappa shape index (κ2) is 12.4. The number of unbranched alkanes of at least 4 members (excludes halogenated alkanes) is 1. The highest BCUT2D eigenvalue weighted by Crippen LogP contribution is 2.18. The Morgan fingerprint density at radius 1 is 1.16 bits per heavy atom. The van der Waals surface area contributed by atoms with E-state index >= 15 is 0 Å². The summed E-state index contributed by atoms with van der Waals surface area (Å²) >= 11 is 0. The SMILES string of the molecule is CCCCN(CC)c1ccc(C(=O)N2CCC(NC)CC2)cc1.Cl.Cl. The van der Waals surface area contributed by atoms with Gasteiger partial charge in [-0.25, -0.2) is 0 Å². The van der Waals surface area contributed by atoms with Crippen molar-refractivity contribution in [2.24, 2.45) is 0 Å². The predicted octanol–water partition coefficient (Wildman–Crippen LogP) is 3.98. The number of carbonyl (C=O) groups excluding carboxylic acids is 1. The molecule has 144 valence electrons. The van der Waals surface area contributed by atoms with Crippen LogP contribution in [0.1, 0.15) is 49.9 Å². The largest absolute Gasteiger partial charge is 0.372 e. The van der Waals surface area contributed by atoms with Gasteiger partial charge in [0.05, 0.1) is 0 Å². The lowest BCUT2D eigenvalue weighted by atomic mass is 10.0. The molecule has 0 bridgehead atoms. The summed E-state index contributed by atoms with van der Waals surface area (Å²) < 4.78 is 0. The molecule has 0 saturated carbocycles. The first kappa shape index (κ1) is 24.0. The van der Waals surface area contributed by atoms with Crippen LogP contribution in [0.15, 0.2) is 24.3 Å². The van der Waals surface area contributed by atoms with Gasteiger partial charge in [0.2, 0.25) is 0 Å². The van der Waals surface area contributed by atoms with Crippen molar-refractivity contribution in [1.82, 2.24) is 10.2 Å². The molecule has 2 rings (SSSR count). The van der Waals surface area contributed by atoms with Gasteiger partial charge in [-0.3, -0.25) is 4.79 Å². The Balaban J connectivity index is 0.00000288. The fourth-order valence-electron chi connectivity index (χ4n) is 3.19. The minimum atomic E-state index is 0. The molecule has 1 amide bonds. The van der Waals surface area contributed by atoms with E-state index in [9.17, 15) is 4.79 Å². The number of piperidine rings is 1. The predicted molar refractivity (Wildman–Crippen MR) is 112 cm³/mol. The maximum Gasteiger partial charge on any atom is 0.253 e. The molecule has 1 fully saturated rings. The monoisotopic (exact) mass is 389 g/mol. The molecule has 1 heterocycles. The summed E-state index contributed by atoms with van der Waals surface area (Å²) in [7, 11) is 2.00. The van der Waals surface area contributed by atoms with Gasteiger partial charge in [0.25, 0.3) is 5.91 Å². The zero-order valence-corrected chi connectivity index (χ0v) is 17.3. The van der Waals surface area contributed by atoms with Crippen molar-refractivity contribution in [1.29, 1.82) is 0 Å². The van der Waals surface area contributed by atoms with Gasteiger partial charge in [0.15, 0.2) is 0 Å². The van der Waals surface area contributed by atoms with Gasteiger partial charge in [-0.2, -0.15) is 0 Å². The lowest BCUT2D eigenvalue weighted by molar-refractivity contribution is 0.0707. The Bertz CT molecular complexity index is 488. The van der Waals surface area contributed by atoms with Crippen LogP contribution in [0.2, 0.25) is 0 Å². The van der Waals surface area contributed by atoms with Crippen molar-refractivity contribution in [3.8, 4) is 0 Å². The van der Waals surface area contributed by atoms with Crippen molar-refractivity contribution in [2.45, 2.75) is 45.6 Å². The second-order valence-corrected chi connectivity index (χ2v) is 6.34. The maximum absolute atomic E-state index is 12.6. The van der Waals surface area contributed by atoms with Crippen LogP contribution in [0, 0.1) is 0 Å². The van der Waals surface area contributed by atoms with Crippen molar-refractivity contribution < 1.29 is 4.79 Å². The summed E-state index contributed by atoms with van der Waals surface area (Å²) in [6, 6.07) is 8.70. The quantitative estimate of drug-likeness (QED) is 0.765. The van der Waals surface area contributed by atoms with Gasteiger partial charge in [-0.05, 0) is 57.5 Å². The summed E-state index contributed by atoms with van der Waals surface area (Å²) in [5, 5.41) is 3.30. The molecule has 0 spiro atoms. The summed E-state index contributed by atoms with van der Waals surface area (Å²) in [5.41, 5.74) is 2.02. The van der Waals surface area contributed by atoms with Crippen molar-refractivity contribution >= 4 is 36.4 Å². The van der Waals surface area contributed by atoms with Crippen LogP contribution >= 0.6 is 24.8 Å².